The Balaban J connectivity index is 2.10. The van der Waals surface area contributed by atoms with Gasteiger partial charge in [-0.15, -0.1) is 0 Å². The van der Waals surface area contributed by atoms with Crippen LogP contribution in [0.2, 0.25) is 5.02 Å². The van der Waals surface area contributed by atoms with Crippen LogP contribution in [-0.4, -0.2) is 28.2 Å². The zero-order chi connectivity index (χ0) is 21.3. The van der Waals surface area contributed by atoms with Crippen LogP contribution in [0, 0.1) is 23.0 Å². The molecule has 1 aliphatic heterocycles. The summed E-state index contributed by atoms with van der Waals surface area (Å²) in [5.41, 5.74) is 2.12. The molecule has 0 bridgehead atoms. The third kappa shape index (κ3) is 4.14. The van der Waals surface area contributed by atoms with Crippen molar-refractivity contribution < 1.29 is 14.5 Å². The molecule has 150 valence electrons. The molecule has 0 saturated heterocycles. The summed E-state index contributed by atoms with van der Waals surface area (Å²) in [7, 11) is 0. The van der Waals surface area contributed by atoms with Crippen molar-refractivity contribution in [1.29, 1.82) is 0 Å². The van der Waals surface area contributed by atoms with E-state index in [0.29, 0.717) is 16.3 Å². The van der Waals surface area contributed by atoms with Gasteiger partial charge in [-0.1, -0.05) is 31.5 Å². The summed E-state index contributed by atoms with van der Waals surface area (Å²) in [5.74, 6) is -0.774. The van der Waals surface area contributed by atoms with Crippen LogP contribution in [0.1, 0.15) is 25.0 Å². The molecule has 0 unspecified atom stereocenters. The molecule has 1 heterocycles. The SMILES string of the molecule is Cc1ccc(Cl)cc1NC1=C(c2ccc([N+](=O)[O-])cc2)C(=O)N(CC(C)C)C1=O. The lowest BCUT2D eigenvalue weighted by atomic mass is 10.0. The molecule has 7 nitrogen and oxygen atoms in total. The maximum absolute atomic E-state index is 13.1. The van der Waals surface area contributed by atoms with Crippen LogP contribution in [0.4, 0.5) is 11.4 Å². The van der Waals surface area contributed by atoms with Crippen LogP contribution in [0.3, 0.4) is 0 Å². The Morgan fingerprint density at radius 2 is 1.76 bits per heavy atom. The molecule has 0 spiro atoms. The number of aryl methyl sites for hydroxylation is 1. The molecule has 0 saturated carbocycles. The quantitative estimate of drug-likeness (QED) is 0.430. The Labute approximate surface area is 173 Å². The molecule has 3 rings (SSSR count). The summed E-state index contributed by atoms with van der Waals surface area (Å²) in [6.45, 7) is 5.96. The molecule has 2 amide bonds. The fraction of sp³-hybridized carbons (Fsp3) is 0.238. The number of carbonyl (C=O) groups is 2. The second-order valence-electron chi connectivity index (χ2n) is 7.25. The van der Waals surface area contributed by atoms with Gasteiger partial charge in [0.15, 0.2) is 0 Å². The van der Waals surface area contributed by atoms with Crippen LogP contribution < -0.4 is 5.32 Å². The van der Waals surface area contributed by atoms with Gasteiger partial charge >= 0.3 is 0 Å². The summed E-state index contributed by atoms with van der Waals surface area (Å²) in [6.07, 6.45) is 0. The van der Waals surface area contributed by atoms with Gasteiger partial charge in [-0.05, 0) is 48.2 Å². The summed E-state index contributed by atoms with van der Waals surface area (Å²) in [5, 5.41) is 14.5. The highest BCUT2D eigenvalue weighted by molar-refractivity contribution is 6.36. The van der Waals surface area contributed by atoms with Gasteiger partial charge in [0.05, 0.1) is 10.5 Å². The van der Waals surface area contributed by atoms with Crippen LogP contribution in [0.15, 0.2) is 48.2 Å². The first kappa shape index (κ1) is 20.5. The van der Waals surface area contributed by atoms with Gasteiger partial charge in [-0.2, -0.15) is 0 Å². The van der Waals surface area contributed by atoms with E-state index in [1.165, 1.54) is 29.2 Å². The van der Waals surface area contributed by atoms with Crippen molar-refractivity contribution in [3.05, 3.63) is 74.4 Å². The predicted molar refractivity (Wildman–Crippen MR) is 111 cm³/mol. The van der Waals surface area contributed by atoms with Crippen LogP contribution in [0.5, 0.6) is 0 Å². The molecular weight excluding hydrogens is 394 g/mol. The topological polar surface area (TPSA) is 92.6 Å². The fourth-order valence-electron chi connectivity index (χ4n) is 3.10. The number of nitro benzene ring substituents is 1. The summed E-state index contributed by atoms with van der Waals surface area (Å²) in [6, 6.07) is 10.8. The van der Waals surface area contributed by atoms with E-state index in [1.54, 1.807) is 12.1 Å². The monoisotopic (exact) mass is 413 g/mol. The Kier molecular flexibility index (Phi) is 5.70. The number of halogens is 1. The Morgan fingerprint density at radius 1 is 1.10 bits per heavy atom. The van der Waals surface area contributed by atoms with Crippen molar-refractivity contribution in [3.63, 3.8) is 0 Å². The normalized spacial score (nSPS) is 14.2. The number of nitrogens with zero attached hydrogens (tertiary/aromatic N) is 2. The molecule has 8 heteroatoms. The minimum atomic E-state index is -0.515. The van der Waals surface area contributed by atoms with Gasteiger partial charge in [-0.25, -0.2) is 0 Å². The first-order valence-corrected chi connectivity index (χ1v) is 9.45. The van der Waals surface area contributed by atoms with Crippen molar-refractivity contribution in [1.82, 2.24) is 4.90 Å². The van der Waals surface area contributed by atoms with Crippen molar-refractivity contribution in [2.45, 2.75) is 20.8 Å². The highest BCUT2D eigenvalue weighted by atomic mass is 35.5. The summed E-state index contributed by atoms with van der Waals surface area (Å²) in [4.78, 5) is 37.7. The predicted octanol–water partition coefficient (Wildman–Crippen LogP) is 4.40. The first-order chi connectivity index (χ1) is 13.7. The molecule has 0 radical (unpaired) electrons. The fourth-order valence-corrected chi connectivity index (χ4v) is 3.28. The number of hydrogen-bond donors (Lipinski definition) is 1. The van der Waals surface area contributed by atoms with Crippen molar-refractivity contribution in [2.75, 3.05) is 11.9 Å². The average molecular weight is 414 g/mol. The number of benzene rings is 2. The number of hydrogen-bond acceptors (Lipinski definition) is 5. The first-order valence-electron chi connectivity index (χ1n) is 9.07. The van der Waals surface area contributed by atoms with Gasteiger partial charge in [0.2, 0.25) is 0 Å². The number of non-ortho nitro benzene ring substituents is 1. The lowest BCUT2D eigenvalue weighted by Gasteiger charge is -2.17. The van der Waals surface area contributed by atoms with Gasteiger partial charge in [0, 0.05) is 29.4 Å². The number of carbonyl (C=O) groups excluding carboxylic acids is 2. The van der Waals surface area contributed by atoms with E-state index in [0.717, 1.165) is 5.56 Å². The molecule has 29 heavy (non-hydrogen) atoms. The summed E-state index contributed by atoms with van der Waals surface area (Å²) < 4.78 is 0. The maximum Gasteiger partial charge on any atom is 0.278 e. The lowest BCUT2D eigenvalue weighted by molar-refractivity contribution is -0.384. The number of amides is 2. The van der Waals surface area contributed by atoms with Crippen molar-refractivity contribution >= 4 is 40.4 Å². The second kappa shape index (κ2) is 8.05. The highest BCUT2D eigenvalue weighted by Crippen LogP contribution is 2.33. The molecule has 0 aliphatic carbocycles. The number of nitrogens with one attached hydrogen (secondary N) is 1. The van der Waals surface area contributed by atoms with Gasteiger partial charge in [0.25, 0.3) is 17.5 Å². The summed E-state index contributed by atoms with van der Waals surface area (Å²) >= 11 is 6.08. The van der Waals surface area contributed by atoms with Crippen LogP contribution in [-0.2, 0) is 9.59 Å². The molecule has 0 aromatic heterocycles. The third-order valence-electron chi connectivity index (χ3n) is 4.54. The Morgan fingerprint density at radius 3 is 2.34 bits per heavy atom. The van der Waals surface area contributed by atoms with E-state index in [9.17, 15) is 19.7 Å². The zero-order valence-corrected chi connectivity index (χ0v) is 17.0. The second-order valence-corrected chi connectivity index (χ2v) is 7.69. The number of nitro groups is 1. The Hall–Kier alpha value is -3.19. The van der Waals surface area contributed by atoms with E-state index < -0.39 is 16.7 Å². The van der Waals surface area contributed by atoms with Crippen LogP contribution in [0.25, 0.3) is 5.57 Å². The number of anilines is 1. The lowest BCUT2D eigenvalue weighted by Crippen LogP contribution is -2.35. The van der Waals surface area contributed by atoms with E-state index in [-0.39, 0.29) is 29.4 Å². The Bertz CT molecular complexity index is 1030. The smallest absolute Gasteiger partial charge is 0.278 e. The van der Waals surface area contributed by atoms with E-state index in [1.807, 2.05) is 26.8 Å². The highest BCUT2D eigenvalue weighted by Gasteiger charge is 2.39. The average Bonchev–Trinajstić information content (AvgIpc) is 2.89. The molecule has 0 atom stereocenters. The molecule has 0 fully saturated rings. The van der Waals surface area contributed by atoms with Crippen molar-refractivity contribution in [2.24, 2.45) is 5.92 Å². The molecule has 1 aliphatic rings. The van der Waals surface area contributed by atoms with Crippen molar-refractivity contribution in [3.8, 4) is 0 Å². The molecular formula is C21H20ClN3O4. The minimum absolute atomic E-state index is 0.0910. The maximum atomic E-state index is 13.1. The molecule has 2 aromatic rings. The largest absolute Gasteiger partial charge is 0.350 e. The minimum Gasteiger partial charge on any atom is -0.350 e. The number of imide groups is 1. The van der Waals surface area contributed by atoms with Gasteiger partial charge in [-0.3, -0.25) is 24.6 Å². The zero-order valence-electron chi connectivity index (χ0n) is 16.2. The van der Waals surface area contributed by atoms with Gasteiger partial charge in [0.1, 0.15) is 5.70 Å². The molecule has 1 N–H and O–H groups in total. The van der Waals surface area contributed by atoms with Crippen LogP contribution >= 0.6 is 11.6 Å². The third-order valence-corrected chi connectivity index (χ3v) is 4.78. The van der Waals surface area contributed by atoms with E-state index in [2.05, 4.69) is 5.32 Å². The molecule has 2 aromatic carbocycles. The number of rotatable bonds is 6. The van der Waals surface area contributed by atoms with E-state index >= 15 is 0 Å². The standard InChI is InChI=1S/C21H20ClN3O4/c1-12(2)11-24-20(26)18(14-5-8-16(9-6-14)25(28)29)19(21(24)27)23-17-10-15(22)7-4-13(17)3/h4-10,12,23H,11H2,1-3H3. The van der Waals surface area contributed by atoms with E-state index in [4.69, 9.17) is 11.6 Å². The van der Waals surface area contributed by atoms with Gasteiger partial charge < -0.3 is 5.32 Å².